The van der Waals surface area contributed by atoms with Crippen LogP contribution < -0.4 is 0 Å². The molecule has 0 aromatic carbocycles. The molecule has 0 aliphatic carbocycles. The summed E-state index contributed by atoms with van der Waals surface area (Å²) in [6.07, 6.45) is 3.71. The number of nitrogens with zero attached hydrogens (tertiary/aromatic N) is 1. The second-order valence-electron chi connectivity index (χ2n) is 4.40. The third-order valence-electron chi connectivity index (χ3n) is 2.64. The normalized spacial score (nSPS) is 11.7. The van der Waals surface area contributed by atoms with Crippen molar-refractivity contribution in [2.75, 3.05) is 6.61 Å². The van der Waals surface area contributed by atoms with Crippen molar-refractivity contribution in [1.82, 2.24) is 4.98 Å². The molecule has 0 bridgehead atoms. The van der Waals surface area contributed by atoms with Gasteiger partial charge in [0, 0.05) is 18.5 Å². The maximum atomic E-state index is 8.82. The fraction of sp³-hybridized carbons (Fsp3) is 0.583. The molecule has 0 aliphatic rings. The third-order valence-corrected chi connectivity index (χ3v) is 2.64. The average molecular weight is 193 g/mol. The van der Waals surface area contributed by atoms with Crippen molar-refractivity contribution in [2.24, 2.45) is 0 Å². The predicted molar refractivity (Wildman–Crippen MR) is 58.3 cm³/mol. The van der Waals surface area contributed by atoms with Crippen LogP contribution in [-0.2, 0) is 5.41 Å². The lowest BCUT2D eigenvalue weighted by atomic mass is 9.81. The fourth-order valence-corrected chi connectivity index (χ4v) is 1.63. The summed E-state index contributed by atoms with van der Waals surface area (Å²) in [7, 11) is 0. The quantitative estimate of drug-likeness (QED) is 0.796. The summed E-state index contributed by atoms with van der Waals surface area (Å²) in [6.45, 7) is 6.69. The first-order valence-corrected chi connectivity index (χ1v) is 5.10. The number of hydrogen-bond acceptors (Lipinski definition) is 2. The zero-order valence-corrected chi connectivity index (χ0v) is 9.25. The third kappa shape index (κ3) is 2.81. The Hall–Kier alpha value is -0.890. The van der Waals surface area contributed by atoms with Gasteiger partial charge in [-0.05, 0) is 42.9 Å². The van der Waals surface area contributed by atoms with Crippen molar-refractivity contribution < 1.29 is 5.11 Å². The van der Waals surface area contributed by atoms with E-state index in [1.54, 1.807) is 0 Å². The van der Waals surface area contributed by atoms with E-state index in [2.05, 4.69) is 31.0 Å². The summed E-state index contributed by atoms with van der Waals surface area (Å²) in [5.41, 5.74) is 2.49. The minimum absolute atomic E-state index is 0.135. The second-order valence-corrected chi connectivity index (χ2v) is 4.40. The Morgan fingerprint density at radius 2 is 2.14 bits per heavy atom. The van der Waals surface area contributed by atoms with Gasteiger partial charge in [0.25, 0.3) is 0 Å². The van der Waals surface area contributed by atoms with Gasteiger partial charge >= 0.3 is 0 Å². The summed E-state index contributed by atoms with van der Waals surface area (Å²) in [4.78, 5) is 4.18. The van der Waals surface area contributed by atoms with Crippen LogP contribution in [0.15, 0.2) is 18.3 Å². The van der Waals surface area contributed by atoms with Crippen LogP contribution >= 0.6 is 0 Å². The molecule has 0 saturated carbocycles. The Balaban J connectivity index is 2.80. The van der Waals surface area contributed by atoms with E-state index in [9.17, 15) is 0 Å². The molecule has 2 nitrogen and oxygen atoms in total. The zero-order valence-electron chi connectivity index (χ0n) is 9.25. The molecule has 0 atom stereocenters. The van der Waals surface area contributed by atoms with Gasteiger partial charge in [0.15, 0.2) is 0 Å². The number of hydrogen-bond donors (Lipinski definition) is 1. The first-order valence-electron chi connectivity index (χ1n) is 5.10. The van der Waals surface area contributed by atoms with Crippen LogP contribution in [0.4, 0.5) is 0 Å². The highest BCUT2D eigenvalue weighted by Crippen LogP contribution is 2.28. The van der Waals surface area contributed by atoms with E-state index in [0.717, 1.165) is 18.5 Å². The van der Waals surface area contributed by atoms with Crippen molar-refractivity contribution in [3.8, 4) is 0 Å². The van der Waals surface area contributed by atoms with Gasteiger partial charge < -0.3 is 5.11 Å². The highest BCUT2D eigenvalue weighted by molar-refractivity contribution is 5.23. The van der Waals surface area contributed by atoms with Crippen molar-refractivity contribution in [1.29, 1.82) is 0 Å². The molecule has 78 valence electrons. The molecule has 14 heavy (non-hydrogen) atoms. The molecule has 1 heterocycles. The molecule has 1 aromatic rings. The van der Waals surface area contributed by atoms with Crippen molar-refractivity contribution in [3.63, 3.8) is 0 Å². The number of pyridine rings is 1. The summed E-state index contributed by atoms with van der Waals surface area (Å²) in [5.74, 6) is 0. The van der Waals surface area contributed by atoms with Gasteiger partial charge in [-0.3, -0.25) is 4.98 Å². The van der Waals surface area contributed by atoms with Crippen LogP contribution in [0.3, 0.4) is 0 Å². The van der Waals surface area contributed by atoms with E-state index in [-0.39, 0.29) is 12.0 Å². The molecular weight excluding hydrogens is 174 g/mol. The van der Waals surface area contributed by atoms with Gasteiger partial charge in [0.2, 0.25) is 0 Å². The van der Waals surface area contributed by atoms with Crippen LogP contribution in [0.25, 0.3) is 0 Å². The van der Waals surface area contributed by atoms with Crippen molar-refractivity contribution in [3.05, 3.63) is 29.6 Å². The lowest BCUT2D eigenvalue weighted by Gasteiger charge is -2.25. The summed E-state index contributed by atoms with van der Waals surface area (Å²) in [5, 5.41) is 8.82. The number of aliphatic hydroxyl groups excluding tert-OH is 1. The first kappa shape index (κ1) is 11.2. The second kappa shape index (κ2) is 4.56. The van der Waals surface area contributed by atoms with Gasteiger partial charge in [0.05, 0.1) is 0 Å². The van der Waals surface area contributed by atoms with E-state index in [1.165, 1.54) is 5.56 Å². The lowest BCUT2D eigenvalue weighted by molar-refractivity contribution is 0.268. The number of aryl methyl sites for hydroxylation is 1. The Kier molecular flexibility index (Phi) is 3.64. The SMILES string of the molecule is Cc1cc(C(C)(C)CCCO)ccn1. The summed E-state index contributed by atoms with van der Waals surface area (Å²) < 4.78 is 0. The molecular formula is C12H19NO. The highest BCUT2D eigenvalue weighted by atomic mass is 16.2. The minimum atomic E-state index is 0.135. The first-order chi connectivity index (χ1) is 6.56. The monoisotopic (exact) mass is 193 g/mol. The van der Waals surface area contributed by atoms with Crippen LogP contribution in [0.5, 0.6) is 0 Å². The molecule has 1 rings (SSSR count). The Bertz CT molecular complexity index is 294. The van der Waals surface area contributed by atoms with Gasteiger partial charge in [-0.15, -0.1) is 0 Å². The Labute approximate surface area is 86.0 Å². The van der Waals surface area contributed by atoms with E-state index < -0.39 is 0 Å². The molecule has 0 radical (unpaired) electrons. The van der Waals surface area contributed by atoms with E-state index in [0.29, 0.717) is 0 Å². The summed E-state index contributed by atoms with van der Waals surface area (Å²) in [6, 6.07) is 4.18. The minimum Gasteiger partial charge on any atom is -0.396 e. The molecule has 0 fully saturated rings. The van der Waals surface area contributed by atoms with Crippen molar-refractivity contribution in [2.45, 2.75) is 39.0 Å². The van der Waals surface area contributed by atoms with Gasteiger partial charge in [-0.25, -0.2) is 0 Å². The van der Waals surface area contributed by atoms with Crippen LogP contribution in [0.2, 0.25) is 0 Å². The molecule has 1 aromatic heterocycles. The topological polar surface area (TPSA) is 33.1 Å². The maximum absolute atomic E-state index is 8.82. The smallest absolute Gasteiger partial charge is 0.0431 e. The average Bonchev–Trinajstić information content (AvgIpc) is 2.15. The fourth-order valence-electron chi connectivity index (χ4n) is 1.63. The van der Waals surface area contributed by atoms with Crippen LogP contribution in [0.1, 0.15) is 37.9 Å². The Morgan fingerprint density at radius 3 is 2.71 bits per heavy atom. The zero-order chi connectivity index (χ0) is 10.6. The van der Waals surface area contributed by atoms with Gasteiger partial charge in [0.1, 0.15) is 0 Å². The van der Waals surface area contributed by atoms with Crippen LogP contribution in [0, 0.1) is 6.92 Å². The molecule has 2 heteroatoms. The van der Waals surface area contributed by atoms with E-state index >= 15 is 0 Å². The highest BCUT2D eigenvalue weighted by Gasteiger charge is 2.19. The maximum Gasteiger partial charge on any atom is 0.0431 e. The van der Waals surface area contributed by atoms with Crippen LogP contribution in [-0.4, -0.2) is 16.7 Å². The number of aromatic nitrogens is 1. The molecule has 0 spiro atoms. The van der Waals surface area contributed by atoms with Crippen molar-refractivity contribution >= 4 is 0 Å². The largest absolute Gasteiger partial charge is 0.396 e. The number of rotatable bonds is 4. The van der Waals surface area contributed by atoms with Gasteiger partial charge in [-0.1, -0.05) is 13.8 Å². The molecule has 0 unspecified atom stereocenters. The number of aliphatic hydroxyl groups is 1. The van der Waals surface area contributed by atoms with Gasteiger partial charge in [-0.2, -0.15) is 0 Å². The Morgan fingerprint density at radius 1 is 1.43 bits per heavy atom. The molecule has 1 N–H and O–H groups in total. The van der Waals surface area contributed by atoms with E-state index in [4.69, 9.17) is 5.11 Å². The van der Waals surface area contributed by atoms with E-state index in [1.807, 2.05) is 13.1 Å². The lowest BCUT2D eigenvalue weighted by Crippen LogP contribution is -2.17. The standard InChI is InChI=1S/C12H19NO/c1-10-9-11(5-7-13-10)12(2,3)6-4-8-14/h5,7,9,14H,4,6,8H2,1-3H3. The molecule has 0 amide bonds. The molecule has 0 aliphatic heterocycles. The predicted octanol–water partition coefficient (Wildman–Crippen LogP) is 2.44. The molecule has 0 saturated heterocycles. The summed E-state index contributed by atoms with van der Waals surface area (Å²) >= 11 is 0.